The highest BCUT2D eigenvalue weighted by molar-refractivity contribution is 6.38. The number of rotatable bonds is 10. The van der Waals surface area contributed by atoms with Crippen LogP contribution < -0.4 is 0 Å². The molecule has 1 atom stereocenters. The second-order valence-corrected chi connectivity index (χ2v) is 8.61. The van der Waals surface area contributed by atoms with E-state index in [1.807, 2.05) is 42.5 Å². The Hall–Kier alpha value is -1.65. The van der Waals surface area contributed by atoms with Gasteiger partial charge in [0.2, 0.25) is 0 Å². The molecule has 0 aliphatic carbocycles. The van der Waals surface area contributed by atoms with Gasteiger partial charge in [-0.3, -0.25) is 0 Å². The maximum atomic E-state index is 11.3. The van der Waals surface area contributed by atoms with Crippen molar-refractivity contribution in [3.63, 3.8) is 0 Å². The van der Waals surface area contributed by atoms with E-state index in [0.717, 1.165) is 61.0 Å². The van der Waals surface area contributed by atoms with Gasteiger partial charge in [-0.15, -0.1) is 0 Å². The Labute approximate surface area is 189 Å². The molecule has 0 amide bonds. The topological polar surface area (TPSA) is 36.4 Å². The Morgan fingerprint density at radius 2 is 1.63 bits per heavy atom. The molecule has 5 heteroatoms. The zero-order valence-electron chi connectivity index (χ0n) is 17.7. The number of aliphatic hydroxyl groups is 1. The quantitative estimate of drug-likeness (QED) is 0.360. The molecule has 0 saturated heterocycles. The fraction of sp³-hybridized carbons (Fsp3) is 0.400. The molecule has 0 radical (unpaired) electrons. The first-order valence-electron chi connectivity index (χ1n) is 10.8. The van der Waals surface area contributed by atoms with E-state index in [4.69, 9.17) is 28.2 Å². The van der Waals surface area contributed by atoms with E-state index in [1.54, 1.807) is 6.07 Å². The molecule has 3 aromatic rings. The van der Waals surface area contributed by atoms with Crippen molar-refractivity contribution < 1.29 is 5.11 Å². The van der Waals surface area contributed by atoms with Crippen molar-refractivity contribution in [3.05, 3.63) is 64.1 Å². The summed E-state index contributed by atoms with van der Waals surface area (Å²) in [4.78, 5) is 7.15. The summed E-state index contributed by atoms with van der Waals surface area (Å²) in [6, 6.07) is 15.5. The molecule has 1 unspecified atom stereocenters. The fourth-order valence-corrected chi connectivity index (χ4v) is 4.25. The highest BCUT2D eigenvalue weighted by Gasteiger charge is 2.19. The van der Waals surface area contributed by atoms with Gasteiger partial charge in [0.15, 0.2) is 0 Å². The predicted octanol–water partition coefficient (Wildman–Crippen LogP) is 7.14. The van der Waals surface area contributed by atoms with Crippen molar-refractivity contribution in [2.24, 2.45) is 0 Å². The molecule has 3 rings (SSSR count). The van der Waals surface area contributed by atoms with Crippen LogP contribution in [0, 0.1) is 0 Å². The lowest BCUT2D eigenvalue weighted by atomic mass is 9.99. The average Bonchev–Trinajstić information content (AvgIpc) is 2.75. The molecule has 0 saturated carbocycles. The van der Waals surface area contributed by atoms with Gasteiger partial charge in [0.05, 0.1) is 22.3 Å². The molecular weight excluding hydrogens is 415 g/mol. The van der Waals surface area contributed by atoms with E-state index in [-0.39, 0.29) is 0 Å². The summed E-state index contributed by atoms with van der Waals surface area (Å²) < 4.78 is 0. The van der Waals surface area contributed by atoms with Crippen LogP contribution in [0.2, 0.25) is 10.0 Å². The molecule has 0 aliphatic rings. The summed E-state index contributed by atoms with van der Waals surface area (Å²) in [6.07, 6.45) is 3.88. The van der Waals surface area contributed by atoms with E-state index in [9.17, 15) is 5.11 Å². The third kappa shape index (κ3) is 5.73. The van der Waals surface area contributed by atoms with Crippen molar-refractivity contribution in [1.82, 2.24) is 9.88 Å². The van der Waals surface area contributed by atoms with Crippen LogP contribution in [0.15, 0.2) is 48.5 Å². The smallest absolute Gasteiger partial charge is 0.0924 e. The Morgan fingerprint density at radius 1 is 0.967 bits per heavy atom. The molecule has 0 bridgehead atoms. The van der Waals surface area contributed by atoms with Crippen molar-refractivity contribution in [2.45, 2.75) is 45.6 Å². The minimum atomic E-state index is -0.652. The Morgan fingerprint density at radius 3 is 2.27 bits per heavy atom. The van der Waals surface area contributed by atoms with Gasteiger partial charge < -0.3 is 10.0 Å². The minimum absolute atomic E-state index is 0.498. The molecular formula is C25H30Cl2N2O. The highest BCUT2D eigenvalue weighted by atomic mass is 35.5. The summed E-state index contributed by atoms with van der Waals surface area (Å²) in [5, 5.41) is 13.1. The standard InChI is InChI=1S/C25H30Cl2N2O/c1-3-5-12-29(13-6-4-2)17-24(30)20-16-23(18-10-8-7-9-11-18)28-25-21(20)14-19(26)15-22(25)27/h7-11,14-16,24,30H,3-6,12-13,17H2,1-2H3. The number of hydrogen-bond acceptors (Lipinski definition) is 3. The van der Waals surface area contributed by atoms with Crippen LogP contribution in [0.3, 0.4) is 0 Å². The largest absolute Gasteiger partial charge is 0.387 e. The molecule has 160 valence electrons. The summed E-state index contributed by atoms with van der Waals surface area (Å²) in [5.41, 5.74) is 3.29. The van der Waals surface area contributed by atoms with Gasteiger partial charge in [0, 0.05) is 22.5 Å². The van der Waals surface area contributed by atoms with Crippen molar-refractivity contribution in [2.75, 3.05) is 19.6 Å². The molecule has 2 aromatic carbocycles. The molecule has 30 heavy (non-hydrogen) atoms. The SMILES string of the molecule is CCCCN(CCCC)CC(O)c1cc(-c2ccccc2)nc2c(Cl)cc(Cl)cc12. The molecule has 0 aliphatic heterocycles. The number of unbranched alkanes of at least 4 members (excludes halogenated alkanes) is 2. The van der Waals surface area contributed by atoms with Gasteiger partial charge in [0.25, 0.3) is 0 Å². The first-order chi connectivity index (χ1) is 14.5. The van der Waals surface area contributed by atoms with Crippen molar-refractivity contribution in [1.29, 1.82) is 0 Å². The number of nitrogens with zero attached hydrogens (tertiary/aromatic N) is 2. The molecule has 1 N–H and O–H groups in total. The maximum absolute atomic E-state index is 11.3. The van der Waals surface area contributed by atoms with E-state index >= 15 is 0 Å². The van der Waals surface area contributed by atoms with Crippen LogP contribution in [0.1, 0.15) is 51.2 Å². The predicted molar refractivity (Wildman–Crippen MR) is 128 cm³/mol. The number of hydrogen-bond donors (Lipinski definition) is 1. The van der Waals surface area contributed by atoms with Crippen LogP contribution >= 0.6 is 23.2 Å². The third-order valence-electron chi connectivity index (χ3n) is 5.38. The monoisotopic (exact) mass is 444 g/mol. The van der Waals surface area contributed by atoms with Gasteiger partial charge in [-0.1, -0.05) is 80.2 Å². The lowest BCUT2D eigenvalue weighted by Gasteiger charge is -2.26. The Kier molecular flexibility index (Phi) is 8.52. The van der Waals surface area contributed by atoms with Crippen LogP contribution in [0.5, 0.6) is 0 Å². The molecule has 0 spiro atoms. The number of aromatic nitrogens is 1. The number of benzene rings is 2. The highest BCUT2D eigenvalue weighted by Crippen LogP contribution is 2.34. The number of fused-ring (bicyclic) bond motifs is 1. The molecule has 0 fully saturated rings. The van der Waals surface area contributed by atoms with E-state index in [1.165, 1.54) is 0 Å². The minimum Gasteiger partial charge on any atom is -0.387 e. The molecule has 1 aromatic heterocycles. The van der Waals surface area contributed by atoms with Gasteiger partial charge >= 0.3 is 0 Å². The van der Waals surface area contributed by atoms with Crippen LogP contribution in [0.25, 0.3) is 22.2 Å². The summed E-state index contributed by atoms with van der Waals surface area (Å²) in [5.74, 6) is 0. The second kappa shape index (κ2) is 11.1. The fourth-order valence-electron chi connectivity index (χ4n) is 3.71. The van der Waals surface area contributed by atoms with Crippen LogP contribution in [-0.2, 0) is 0 Å². The van der Waals surface area contributed by atoms with Gasteiger partial charge in [0.1, 0.15) is 0 Å². The van der Waals surface area contributed by atoms with E-state index in [2.05, 4.69) is 18.7 Å². The zero-order valence-corrected chi connectivity index (χ0v) is 19.3. The zero-order chi connectivity index (χ0) is 21.5. The Bertz CT molecular complexity index is 954. The Balaban J connectivity index is 2.03. The van der Waals surface area contributed by atoms with Crippen molar-refractivity contribution >= 4 is 34.1 Å². The van der Waals surface area contributed by atoms with E-state index < -0.39 is 6.10 Å². The molecule has 1 heterocycles. The van der Waals surface area contributed by atoms with Gasteiger partial charge in [-0.05, 0) is 49.7 Å². The van der Waals surface area contributed by atoms with Crippen LogP contribution in [-0.4, -0.2) is 34.6 Å². The van der Waals surface area contributed by atoms with Gasteiger partial charge in [-0.2, -0.15) is 0 Å². The number of aliphatic hydroxyl groups excluding tert-OH is 1. The molecule has 3 nitrogen and oxygen atoms in total. The first kappa shape index (κ1) is 23.0. The summed E-state index contributed by atoms with van der Waals surface area (Å²) in [6.45, 7) is 6.95. The summed E-state index contributed by atoms with van der Waals surface area (Å²) in [7, 11) is 0. The average molecular weight is 445 g/mol. The lowest BCUT2D eigenvalue weighted by Crippen LogP contribution is -2.31. The first-order valence-corrected chi connectivity index (χ1v) is 11.5. The number of halogens is 2. The van der Waals surface area contributed by atoms with Crippen LogP contribution in [0.4, 0.5) is 0 Å². The normalized spacial score (nSPS) is 12.6. The summed E-state index contributed by atoms with van der Waals surface area (Å²) >= 11 is 12.8. The van der Waals surface area contributed by atoms with Crippen molar-refractivity contribution in [3.8, 4) is 11.3 Å². The lowest BCUT2D eigenvalue weighted by molar-refractivity contribution is 0.112. The second-order valence-electron chi connectivity index (χ2n) is 7.77. The third-order valence-corrected chi connectivity index (χ3v) is 5.89. The van der Waals surface area contributed by atoms with E-state index in [0.29, 0.717) is 22.1 Å². The maximum Gasteiger partial charge on any atom is 0.0924 e. The van der Waals surface area contributed by atoms with Gasteiger partial charge in [-0.25, -0.2) is 4.98 Å². The number of pyridine rings is 1.